The van der Waals surface area contributed by atoms with Crippen LogP contribution in [0.5, 0.6) is 11.5 Å². The molecule has 0 fully saturated rings. The van der Waals surface area contributed by atoms with Crippen LogP contribution in [0.2, 0.25) is 0 Å². The Morgan fingerprint density at radius 3 is 3.00 bits per heavy atom. The molecule has 0 bridgehead atoms. The van der Waals surface area contributed by atoms with Gasteiger partial charge in [0.25, 0.3) is 0 Å². The van der Waals surface area contributed by atoms with Crippen molar-refractivity contribution >= 4 is 0 Å². The summed E-state index contributed by atoms with van der Waals surface area (Å²) in [7, 11) is 1.71. The number of ether oxygens (including phenoxy) is 2. The molecule has 0 aromatic heterocycles. The zero-order chi connectivity index (χ0) is 14.5. The average molecular weight is 273 g/mol. The van der Waals surface area contributed by atoms with Crippen LogP contribution in [0.1, 0.15) is 37.8 Å². The predicted molar refractivity (Wildman–Crippen MR) is 81.2 cm³/mol. The molecule has 2 atom stereocenters. The molecule has 0 saturated heterocycles. The third kappa shape index (κ3) is 3.26. The van der Waals surface area contributed by atoms with Gasteiger partial charge in [-0.1, -0.05) is 6.92 Å². The van der Waals surface area contributed by atoms with Crippen molar-refractivity contribution in [2.24, 2.45) is 0 Å². The van der Waals surface area contributed by atoms with Gasteiger partial charge in [-0.05, 0) is 25.5 Å². The fourth-order valence-electron chi connectivity index (χ4n) is 2.57. The zero-order valence-electron chi connectivity index (χ0n) is 12.5. The second-order valence-electron chi connectivity index (χ2n) is 5.30. The van der Waals surface area contributed by atoms with Gasteiger partial charge >= 0.3 is 0 Å². The molecule has 1 aliphatic rings. The minimum Gasteiger partial charge on any atom is -0.496 e. The number of terminal acetylenes is 1. The highest BCUT2D eigenvalue weighted by Gasteiger charge is 2.21. The van der Waals surface area contributed by atoms with Gasteiger partial charge in [-0.2, -0.15) is 0 Å². The van der Waals surface area contributed by atoms with Crippen molar-refractivity contribution in [3.63, 3.8) is 0 Å². The molecule has 0 amide bonds. The lowest BCUT2D eigenvalue weighted by atomic mass is 10.1. The van der Waals surface area contributed by atoms with Crippen LogP contribution in [0, 0.1) is 12.3 Å². The second-order valence-corrected chi connectivity index (χ2v) is 5.30. The number of nitrogens with one attached hydrogen (secondary N) is 1. The minimum absolute atomic E-state index is 0.253. The van der Waals surface area contributed by atoms with Crippen molar-refractivity contribution in [2.75, 3.05) is 7.11 Å². The van der Waals surface area contributed by atoms with Gasteiger partial charge in [0.2, 0.25) is 0 Å². The van der Waals surface area contributed by atoms with Gasteiger partial charge in [0.1, 0.15) is 17.6 Å². The predicted octanol–water partition coefficient (Wildman–Crippen LogP) is 2.91. The number of rotatable bonds is 6. The molecule has 0 spiro atoms. The van der Waals surface area contributed by atoms with E-state index in [1.807, 2.05) is 0 Å². The summed E-state index contributed by atoms with van der Waals surface area (Å²) in [5.74, 6) is 4.62. The third-order valence-electron chi connectivity index (χ3n) is 3.74. The van der Waals surface area contributed by atoms with Crippen molar-refractivity contribution in [1.29, 1.82) is 0 Å². The molecule has 0 radical (unpaired) electrons. The number of methoxy groups -OCH3 is 1. The molecule has 1 heterocycles. The molecule has 2 rings (SSSR count). The van der Waals surface area contributed by atoms with E-state index < -0.39 is 0 Å². The first kappa shape index (κ1) is 14.7. The highest BCUT2D eigenvalue weighted by atomic mass is 16.5. The molecule has 1 aromatic carbocycles. The summed E-state index contributed by atoms with van der Waals surface area (Å²) < 4.78 is 11.3. The normalized spacial score (nSPS) is 18.0. The maximum atomic E-state index is 5.81. The molecule has 3 nitrogen and oxygen atoms in total. The first-order chi connectivity index (χ1) is 9.67. The molecular formula is C17H23NO2. The summed E-state index contributed by atoms with van der Waals surface area (Å²) in [6, 6.07) is 4.53. The van der Waals surface area contributed by atoms with Crippen LogP contribution in [0.15, 0.2) is 12.1 Å². The van der Waals surface area contributed by atoms with Gasteiger partial charge < -0.3 is 14.8 Å². The molecular weight excluding hydrogens is 250 g/mol. The lowest BCUT2D eigenvalue weighted by Gasteiger charge is -2.16. The van der Waals surface area contributed by atoms with Crippen molar-refractivity contribution in [3.05, 3.63) is 23.3 Å². The van der Waals surface area contributed by atoms with Crippen LogP contribution in [-0.2, 0) is 13.0 Å². The molecule has 108 valence electrons. The van der Waals surface area contributed by atoms with E-state index in [-0.39, 0.29) is 6.10 Å². The summed E-state index contributed by atoms with van der Waals surface area (Å²) in [6.07, 6.45) is 8.36. The van der Waals surface area contributed by atoms with Crippen molar-refractivity contribution < 1.29 is 9.47 Å². The number of benzene rings is 1. The molecule has 1 N–H and O–H groups in total. The third-order valence-corrected chi connectivity index (χ3v) is 3.74. The SMILES string of the molecule is C#CCC(CC)NCc1cc2c(cc1OC)CC(C)O2. The summed E-state index contributed by atoms with van der Waals surface area (Å²) in [5, 5.41) is 3.49. The Bertz CT molecular complexity index is 504. The highest BCUT2D eigenvalue weighted by molar-refractivity contribution is 5.48. The van der Waals surface area contributed by atoms with Crippen LogP contribution in [0.4, 0.5) is 0 Å². The van der Waals surface area contributed by atoms with E-state index in [0.717, 1.165) is 42.9 Å². The first-order valence-corrected chi connectivity index (χ1v) is 7.21. The Labute approximate surface area is 121 Å². The Morgan fingerprint density at radius 1 is 1.55 bits per heavy atom. The van der Waals surface area contributed by atoms with Gasteiger partial charge in [0, 0.05) is 36.6 Å². The Hall–Kier alpha value is -1.66. The van der Waals surface area contributed by atoms with Crippen LogP contribution < -0.4 is 14.8 Å². The van der Waals surface area contributed by atoms with E-state index in [4.69, 9.17) is 15.9 Å². The number of hydrogen-bond acceptors (Lipinski definition) is 3. The lowest BCUT2D eigenvalue weighted by Crippen LogP contribution is -2.27. The van der Waals surface area contributed by atoms with Crippen LogP contribution in [0.25, 0.3) is 0 Å². The molecule has 0 aliphatic carbocycles. The standard InChI is InChI=1S/C17H23NO2/c1-5-7-15(6-2)18-11-14-10-17-13(8-12(3)20-17)9-16(14)19-4/h1,9-10,12,15,18H,6-8,11H2,2-4H3. The maximum Gasteiger partial charge on any atom is 0.123 e. The summed E-state index contributed by atoms with van der Waals surface area (Å²) in [5.41, 5.74) is 2.35. The number of fused-ring (bicyclic) bond motifs is 1. The molecule has 1 aliphatic heterocycles. The second kappa shape index (κ2) is 6.67. The molecule has 3 heteroatoms. The molecule has 20 heavy (non-hydrogen) atoms. The van der Waals surface area contributed by atoms with Gasteiger partial charge in [-0.25, -0.2) is 0 Å². The average Bonchev–Trinajstić information content (AvgIpc) is 2.81. The van der Waals surface area contributed by atoms with E-state index in [0.29, 0.717) is 6.04 Å². The van der Waals surface area contributed by atoms with Crippen molar-refractivity contribution in [2.45, 2.75) is 51.8 Å². The van der Waals surface area contributed by atoms with Crippen LogP contribution in [-0.4, -0.2) is 19.3 Å². The van der Waals surface area contributed by atoms with Crippen LogP contribution >= 0.6 is 0 Å². The highest BCUT2D eigenvalue weighted by Crippen LogP contribution is 2.34. The van der Waals surface area contributed by atoms with E-state index in [9.17, 15) is 0 Å². The maximum absolute atomic E-state index is 5.81. The fraction of sp³-hybridized carbons (Fsp3) is 0.529. The minimum atomic E-state index is 0.253. The smallest absolute Gasteiger partial charge is 0.123 e. The van der Waals surface area contributed by atoms with E-state index in [2.05, 4.69) is 37.2 Å². The Morgan fingerprint density at radius 2 is 2.35 bits per heavy atom. The van der Waals surface area contributed by atoms with Gasteiger partial charge in [-0.3, -0.25) is 0 Å². The Balaban J connectivity index is 2.11. The van der Waals surface area contributed by atoms with E-state index >= 15 is 0 Å². The molecule has 2 unspecified atom stereocenters. The number of hydrogen-bond donors (Lipinski definition) is 1. The largest absolute Gasteiger partial charge is 0.496 e. The van der Waals surface area contributed by atoms with Gasteiger partial charge in [0.05, 0.1) is 7.11 Å². The summed E-state index contributed by atoms with van der Waals surface area (Å²) >= 11 is 0. The van der Waals surface area contributed by atoms with Crippen molar-refractivity contribution in [1.82, 2.24) is 5.32 Å². The van der Waals surface area contributed by atoms with Gasteiger partial charge in [-0.15, -0.1) is 12.3 Å². The zero-order valence-corrected chi connectivity index (χ0v) is 12.5. The van der Waals surface area contributed by atoms with Crippen LogP contribution in [0.3, 0.4) is 0 Å². The summed E-state index contributed by atoms with van der Waals surface area (Å²) in [6.45, 7) is 4.97. The van der Waals surface area contributed by atoms with Gasteiger partial charge in [0.15, 0.2) is 0 Å². The molecule has 1 aromatic rings. The quantitative estimate of drug-likeness (QED) is 0.808. The Kier molecular flexibility index (Phi) is 4.92. The fourth-order valence-corrected chi connectivity index (χ4v) is 2.57. The summed E-state index contributed by atoms with van der Waals surface area (Å²) in [4.78, 5) is 0. The van der Waals surface area contributed by atoms with E-state index in [1.54, 1.807) is 7.11 Å². The topological polar surface area (TPSA) is 30.5 Å². The monoisotopic (exact) mass is 273 g/mol. The first-order valence-electron chi connectivity index (χ1n) is 7.21. The van der Waals surface area contributed by atoms with E-state index in [1.165, 1.54) is 5.56 Å². The lowest BCUT2D eigenvalue weighted by molar-refractivity contribution is 0.254. The molecule has 0 saturated carbocycles. The van der Waals surface area contributed by atoms with Crippen molar-refractivity contribution in [3.8, 4) is 23.8 Å².